The molecular weight excluding hydrogens is 284 g/mol. The molecule has 0 fully saturated rings. The molecule has 0 aliphatic rings. The summed E-state index contributed by atoms with van der Waals surface area (Å²) in [6.07, 6.45) is 0. The van der Waals surface area contributed by atoms with Gasteiger partial charge in [0.15, 0.2) is 0 Å². The van der Waals surface area contributed by atoms with Gasteiger partial charge in [-0.15, -0.1) is 11.8 Å². The molecule has 19 heavy (non-hydrogen) atoms. The maximum absolute atomic E-state index is 10.7. The Morgan fingerprint density at radius 2 is 1.89 bits per heavy atom. The molecule has 2 aromatic rings. The summed E-state index contributed by atoms with van der Waals surface area (Å²) in [5.74, 6) is 0.579. The second-order valence-electron chi connectivity index (χ2n) is 3.88. The lowest BCUT2D eigenvalue weighted by atomic mass is 10.2. The monoisotopic (exact) mass is 294 g/mol. The van der Waals surface area contributed by atoms with Crippen molar-refractivity contribution in [2.24, 2.45) is 0 Å². The Hall–Kier alpha value is -1.72. The van der Waals surface area contributed by atoms with Gasteiger partial charge in [-0.05, 0) is 35.9 Å². The second kappa shape index (κ2) is 5.95. The van der Waals surface area contributed by atoms with E-state index in [0.717, 1.165) is 10.5 Å². The predicted molar refractivity (Wildman–Crippen MR) is 78.5 cm³/mol. The maximum atomic E-state index is 10.7. The van der Waals surface area contributed by atoms with Gasteiger partial charge in [0.2, 0.25) is 0 Å². The van der Waals surface area contributed by atoms with E-state index in [4.69, 9.17) is 17.3 Å². The highest BCUT2D eigenvalue weighted by Crippen LogP contribution is 2.28. The van der Waals surface area contributed by atoms with Gasteiger partial charge < -0.3 is 5.73 Å². The van der Waals surface area contributed by atoms with Gasteiger partial charge in [-0.3, -0.25) is 10.1 Å². The molecule has 2 rings (SSSR count). The van der Waals surface area contributed by atoms with E-state index in [2.05, 4.69) is 0 Å². The molecule has 0 saturated carbocycles. The fraction of sp³-hybridized carbons (Fsp3) is 0.0769. The highest BCUT2D eigenvalue weighted by atomic mass is 35.5. The van der Waals surface area contributed by atoms with E-state index in [1.54, 1.807) is 30.0 Å². The molecule has 98 valence electrons. The minimum atomic E-state index is -0.421. The molecule has 0 saturated heterocycles. The first-order valence-electron chi connectivity index (χ1n) is 5.47. The molecule has 0 radical (unpaired) electrons. The third-order valence-corrected chi connectivity index (χ3v) is 3.86. The lowest BCUT2D eigenvalue weighted by Crippen LogP contribution is -1.95. The van der Waals surface area contributed by atoms with Gasteiger partial charge in [-0.2, -0.15) is 0 Å². The smallest absolute Gasteiger partial charge is 0.269 e. The van der Waals surface area contributed by atoms with Crippen molar-refractivity contribution in [3.8, 4) is 0 Å². The van der Waals surface area contributed by atoms with Crippen molar-refractivity contribution < 1.29 is 4.92 Å². The van der Waals surface area contributed by atoms with E-state index in [9.17, 15) is 10.1 Å². The largest absolute Gasteiger partial charge is 0.398 e. The topological polar surface area (TPSA) is 69.2 Å². The molecule has 0 aliphatic carbocycles. The fourth-order valence-electron chi connectivity index (χ4n) is 1.52. The summed E-state index contributed by atoms with van der Waals surface area (Å²) < 4.78 is 0. The lowest BCUT2D eigenvalue weighted by Gasteiger charge is -2.05. The van der Waals surface area contributed by atoms with Crippen LogP contribution in [-0.2, 0) is 5.75 Å². The Morgan fingerprint density at radius 1 is 1.21 bits per heavy atom. The number of thioether (sulfide) groups is 1. The fourth-order valence-corrected chi connectivity index (χ4v) is 2.55. The normalized spacial score (nSPS) is 10.4. The zero-order valence-corrected chi connectivity index (χ0v) is 11.4. The van der Waals surface area contributed by atoms with Gasteiger partial charge in [-0.1, -0.05) is 11.6 Å². The van der Waals surface area contributed by atoms with Crippen molar-refractivity contribution in [1.82, 2.24) is 0 Å². The highest BCUT2D eigenvalue weighted by Gasteiger charge is 2.09. The summed E-state index contributed by atoms with van der Waals surface area (Å²) in [4.78, 5) is 11.3. The molecule has 0 unspecified atom stereocenters. The summed E-state index contributed by atoms with van der Waals surface area (Å²) >= 11 is 7.36. The minimum Gasteiger partial charge on any atom is -0.398 e. The number of nitrogens with two attached hydrogens (primary N) is 1. The van der Waals surface area contributed by atoms with Crippen LogP contribution in [0.5, 0.6) is 0 Å². The summed E-state index contributed by atoms with van der Waals surface area (Å²) in [5.41, 5.74) is 7.20. The number of non-ortho nitro benzene ring substituents is 1. The average Bonchev–Trinajstić information content (AvgIpc) is 2.39. The van der Waals surface area contributed by atoms with Crippen LogP contribution in [0.4, 0.5) is 11.4 Å². The van der Waals surface area contributed by atoms with Gasteiger partial charge in [0.05, 0.1) is 4.92 Å². The van der Waals surface area contributed by atoms with Crippen LogP contribution in [0.15, 0.2) is 47.4 Å². The SMILES string of the molecule is Nc1ccc([N+](=O)[O-])cc1CSc1ccc(Cl)cc1. The molecule has 0 heterocycles. The third kappa shape index (κ3) is 3.62. The van der Waals surface area contributed by atoms with Crippen LogP contribution < -0.4 is 5.73 Å². The van der Waals surface area contributed by atoms with Crippen molar-refractivity contribution >= 4 is 34.7 Å². The van der Waals surface area contributed by atoms with E-state index in [0.29, 0.717) is 16.5 Å². The molecule has 0 bridgehead atoms. The number of nitro benzene ring substituents is 1. The number of nitrogens with zero attached hydrogens (tertiary/aromatic N) is 1. The molecule has 0 aliphatic heterocycles. The predicted octanol–water partition coefficient (Wildman–Crippen LogP) is 4.12. The van der Waals surface area contributed by atoms with Crippen LogP contribution in [0.25, 0.3) is 0 Å². The molecule has 2 aromatic carbocycles. The number of hydrogen-bond donors (Lipinski definition) is 1. The Morgan fingerprint density at radius 3 is 2.53 bits per heavy atom. The van der Waals surface area contributed by atoms with Crippen LogP contribution in [0.3, 0.4) is 0 Å². The Balaban J connectivity index is 2.12. The molecule has 6 heteroatoms. The van der Waals surface area contributed by atoms with E-state index >= 15 is 0 Å². The highest BCUT2D eigenvalue weighted by molar-refractivity contribution is 7.98. The Kier molecular flexibility index (Phi) is 4.29. The van der Waals surface area contributed by atoms with Gasteiger partial charge in [0, 0.05) is 33.5 Å². The molecule has 0 atom stereocenters. The molecule has 0 spiro atoms. The Bertz CT molecular complexity index is 602. The summed E-state index contributed by atoms with van der Waals surface area (Å²) in [7, 11) is 0. The van der Waals surface area contributed by atoms with E-state index < -0.39 is 4.92 Å². The maximum Gasteiger partial charge on any atom is 0.269 e. The number of benzene rings is 2. The van der Waals surface area contributed by atoms with Crippen molar-refractivity contribution in [2.75, 3.05) is 5.73 Å². The van der Waals surface area contributed by atoms with Crippen LogP contribution in [-0.4, -0.2) is 4.92 Å². The quantitative estimate of drug-likeness (QED) is 0.398. The van der Waals surface area contributed by atoms with Crippen LogP contribution in [0.1, 0.15) is 5.56 Å². The number of nitrogen functional groups attached to an aromatic ring is 1. The van der Waals surface area contributed by atoms with Crippen molar-refractivity contribution in [3.05, 3.63) is 63.2 Å². The summed E-state index contributed by atoms with van der Waals surface area (Å²) in [6, 6.07) is 11.9. The second-order valence-corrected chi connectivity index (χ2v) is 5.37. The molecule has 0 amide bonds. The zero-order chi connectivity index (χ0) is 13.8. The summed E-state index contributed by atoms with van der Waals surface area (Å²) in [5, 5.41) is 11.4. The standard InChI is InChI=1S/C13H11ClN2O2S/c14-10-1-4-12(5-2-10)19-8-9-7-11(16(17)18)3-6-13(9)15/h1-7H,8,15H2. The average molecular weight is 295 g/mol. The lowest BCUT2D eigenvalue weighted by molar-refractivity contribution is -0.384. The number of rotatable bonds is 4. The number of halogens is 1. The van der Waals surface area contributed by atoms with Crippen LogP contribution in [0.2, 0.25) is 5.02 Å². The van der Waals surface area contributed by atoms with Gasteiger partial charge in [0.25, 0.3) is 5.69 Å². The first kappa shape index (κ1) is 13.7. The first-order valence-corrected chi connectivity index (χ1v) is 6.84. The first-order chi connectivity index (χ1) is 9.06. The van der Waals surface area contributed by atoms with Crippen LogP contribution >= 0.6 is 23.4 Å². The van der Waals surface area contributed by atoms with E-state index in [1.165, 1.54) is 12.1 Å². The number of anilines is 1. The van der Waals surface area contributed by atoms with E-state index in [1.807, 2.05) is 12.1 Å². The zero-order valence-electron chi connectivity index (χ0n) is 9.88. The Labute approximate surface area is 119 Å². The van der Waals surface area contributed by atoms with Gasteiger partial charge in [0.1, 0.15) is 0 Å². The van der Waals surface area contributed by atoms with Gasteiger partial charge >= 0.3 is 0 Å². The van der Waals surface area contributed by atoms with Crippen molar-refractivity contribution in [3.63, 3.8) is 0 Å². The number of nitro groups is 1. The van der Waals surface area contributed by atoms with Gasteiger partial charge in [-0.25, -0.2) is 0 Å². The molecule has 4 nitrogen and oxygen atoms in total. The summed E-state index contributed by atoms with van der Waals surface area (Å²) in [6.45, 7) is 0. The molecular formula is C13H11ClN2O2S. The minimum absolute atomic E-state index is 0.0564. The molecule has 0 aromatic heterocycles. The van der Waals surface area contributed by atoms with Crippen LogP contribution in [0, 0.1) is 10.1 Å². The molecule has 2 N–H and O–H groups in total. The third-order valence-electron chi connectivity index (χ3n) is 2.55. The number of hydrogen-bond acceptors (Lipinski definition) is 4. The van der Waals surface area contributed by atoms with Crippen molar-refractivity contribution in [1.29, 1.82) is 0 Å². The van der Waals surface area contributed by atoms with E-state index in [-0.39, 0.29) is 5.69 Å². The van der Waals surface area contributed by atoms with Crippen molar-refractivity contribution in [2.45, 2.75) is 10.6 Å².